The van der Waals surface area contributed by atoms with Crippen LogP contribution in [0.1, 0.15) is 38.5 Å². The molecule has 0 aromatic heterocycles. The lowest BCUT2D eigenvalue weighted by molar-refractivity contribution is 0.0501. The molecule has 4 nitrogen and oxygen atoms in total. The van der Waals surface area contributed by atoms with Crippen molar-refractivity contribution in [3.05, 3.63) is 0 Å². The van der Waals surface area contributed by atoms with Crippen LogP contribution in [0.2, 0.25) is 0 Å². The van der Waals surface area contributed by atoms with Crippen molar-refractivity contribution in [1.29, 1.82) is 0 Å². The Morgan fingerprint density at radius 2 is 2.00 bits per heavy atom. The quantitative estimate of drug-likeness (QED) is 0.730. The zero-order valence-electron chi connectivity index (χ0n) is 10.4. The summed E-state index contributed by atoms with van der Waals surface area (Å²) in [6.07, 6.45) is 7.18. The Morgan fingerprint density at radius 1 is 1.18 bits per heavy atom. The molecule has 0 spiro atoms. The Kier molecular flexibility index (Phi) is 2.99. The van der Waals surface area contributed by atoms with Crippen LogP contribution in [0.5, 0.6) is 0 Å². The monoisotopic (exact) mass is 238 g/mol. The highest BCUT2D eigenvalue weighted by Gasteiger charge is 2.47. The zero-order chi connectivity index (χ0) is 11.8. The van der Waals surface area contributed by atoms with Crippen molar-refractivity contribution in [1.82, 2.24) is 10.6 Å². The maximum Gasteiger partial charge on any atom is 0.407 e. The molecule has 0 radical (unpaired) electrons. The molecule has 3 fully saturated rings. The van der Waals surface area contributed by atoms with Gasteiger partial charge in [0.1, 0.15) is 6.10 Å². The molecule has 17 heavy (non-hydrogen) atoms. The van der Waals surface area contributed by atoms with Crippen LogP contribution in [0.3, 0.4) is 0 Å². The summed E-state index contributed by atoms with van der Waals surface area (Å²) in [4.78, 5) is 11.3. The number of hydrogen-bond donors (Lipinski definition) is 2. The van der Waals surface area contributed by atoms with Gasteiger partial charge in [-0.05, 0) is 43.9 Å². The van der Waals surface area contributed by atoms with Crippen molar-refractivity contribution < 1.29 is 9.53 Å². The molecule has 2 aliphatic carbocycles. The fraction of sp³-hybridized carbons (Fsp3) is 0.923. The molecule has 0 bridgehead atoms. The van der Waals surface area contributed by atoms with E-state index in [1.54, 1.807) is 7.05 Å². The maximum absolute atomic E-state index is 11.3. The molecule has 5 atom stereocenters. The van der Waals surface area contributed by atoms with E-state index in [1.165, 1.54) is 25.7 Å². The smallest absolute Gasteiger partial charge is 0.407 e. The predicted molar refractivity (Wildman–Crippen MR) is 64.7 cm³/mol. The number of carbonyl (C=O) groups is 1. The lowest BCUT2D eigenvalue weighted by Gasteiger charge is -2.33. The van der Waals surface area contributed by atoms with E-state index in [2.05, 4.69) is 10.6 Å². The van der Waals surface area contributed by atoms with Crippen LogP contribution in [-0.2, 0) is 4.74 Å². The number of rotatable bonds is 1. The maximum atomic E-state index is 11.3. The molecule has 0 aromatic rings. The predicted octanol–water partition coefficient (Wildman–Crippen LogP) is 1.65. The topological polar surface area (TPSA) is 50.4 Å². The second-order valence-electron chi connectivity index (χ2n) is 5.73. The molecule has 96 valence electrons. The van der Waals surface area contributed by atoms with Gasteiger partial charge >= 0.3 is 6.09 Å². The fourth-order valence-electron chi connectivity index (χ4n) is 4.15. The molecule has 1 amide bonds. The third-order valence-corrected chi connectivity index (χ3v) is 4.88. The standard InChI is InChI=1S/C13H22N2O2/c1-14-13(16)17-8-5-6-12-10(7-8)9-3-2-4-11(9)15-12/h8-12,15H,2-7H2,1H3,(H,14,16). The van der Waals surface area contributed by atoms with E-state index < -0.39 is 0 Å². The highest BCUT2D eigenvalue weighted by atomic mass is 16.6. The van der Waals surface area contributed by atoms with E-state index in [0.29, 0.717) is 6.04 Å². The minimum absolute atomic E-state index is 0.136. The van der Waals surface area contributed by atoms with Crippen molar-refractivity contribution >= 4 is 6.09 Å². The Morgan fingerprint density at radius 3 is 2.82 bits per heavy atom. The number of hydrogen-bond acceptors (Lipinski definition) is 3. The molecule has 1 heterocycles. The van der Waals surface area contributed by atoms with Crippen molar-refractivity contribution in [2.75, 3.05) is 7.05 Å². The SMILES string of the molecule is CNC(=O)OC1CCC2NC3CCCC3C2C1. The van der Waals surface area contributed by atoms with Crippen molar-refractivity contribution in [2.45, 2.75) is 56.7 Å². The number of carbonyl (C=O) groups excluding carboxylic acids is 1. The van der Waals surface area contributed by atoms with Crippen LogP contribution in [0.25, 0.3) is 0 Å². The van der Waals surface area contributed by atoms with Gasteiger partial charge in [-0.25, -0.2) is 4.79 Å². The molecule has 1 saturated heterocycles. The third-order valence-electron chi connectivity index (χ3n) is 4.88. The number of amides is 1. The van der Waals surface area contributed by atoms with Crippen molar-refractivity contribution in [3.8, 4) is 0 Å². The van der Waals surface area contributed by atoms with E-state index in [1.807, 2.05) is 0 Å². The molecule has 5 unspecified atom stereocenters. The molecule has 1 aliphatic heterocycles. The van der Waals surface area contributed by atoms with Crippen LogP contribution in [-0.4, -0.2) is 31.3 Å². The first-order valence-electron chi connectivity index (χ1n) is 6.92. The summed E-state index contributed by atoms with van der Waals surface area (Å²) in [5.74, 6) is 1.59. The minimum atomic E-state index is -0.276. The largest absolute Gasteiger partial charge is 0.446 e. The summed E-state index contributed by atoms with van der Waals surface area (Å²) in [6.45, 7) is 0. The van der Waals surface area contributed by atoms with E-state index in [0.717, 1.165) is 30.7 Å². The van der Waals surface area contributed by atoms with Crippen molar-refractivity contribution in [2.24, 2.45) is 11.8 Å². The van der Waals surface area contributed by atoms with Crippen LogP contribution in [0, 0.1) is 11.8 Å². The van der Waals surface area contributed by atoms with Gasteiger partial charge in [-0.1, -0.05) is 6.42 Å². The van der Waals surface area contributed by atoms with Gasteiger partial charge < -0.3 is 15.4 Å². The fourth-order valence-corrected chi connectivity index (χ4v) is 4.15. The van der Waals surface area contributed by atoms with Gasteiger partial charge in [-0.2, -0.15) is 0 Å². The zero-order valence-corrected chi connectivity index (χ0v) is 10.4. The average Bonchev–Trinajstić information content (AvgIpc) is 2.89. The van der Waals surface area contributed by atoms with Crippen LogP contribution in [0.15, 0.2) is 0 Å². The minimum Gasteiger partial charge on any atom is -0.446 e. The molecule has 2 N–H and O–H groups in total. The molecular formula is C13H22N2O2. The van der Waals surface area contributed by atoms with E-state index >= 15 is 0 Å². The van der Waals surface area contributed by atoms with E-state index in [-0.39, 0.29) is 12.2 Å². The first kappa shape index (κ1) is 11.3. The lowest BCUT2D eigenvalue weighted by Crippen LogP contribution is -2.39. The number of fused-ring (bicyclic) bond motifs is 3. The average molecular weight is 238 g/mol. The second-order valence-corrected chi connectivity index (χ2v) is 5.73. The Bertz CT molecular complexity index is 308. The van der Waals surface area contributed by atoms with Gasteiger partial charge in [0, 0.05) is 19.1 Å². The van der Waals surface area contributed by atoms with Gasteiger partial charge in [0.05, 0.1) is 0 Å². The van der Waals surface area contributed by atoms with Crippen LogP contribution >= 0.6 is 0 Å². The summed E-state index contributed by atoms with van der Waals surface area (Å²) in [5.41, 5.74) is 0. The third kappa shape index (κ3) is 2.03. The highest BCUT2D eigenvalue weighted by Crippen LogP contribution is 2.45. The number of alkyl carbamates (subject to hydrolysis) is 1. The van der Waals surface area contributed by atoms with Gasteiger partial charge in [-0.15, -0.1) is 0 Å². The van der Waals surface area contributed by atoms with Crippen LogP contribution < -0.4 is 10.6 Å². The van der Waals surface area contributed by atoms with Gasteiger partial charge in [0.25, 0.3) is 0 Å². The second kappa shape index (κ2) is 4.48. The van der Waals surface area contributed by atoms with Gasteiger partial charge in [0.15, 0.2) is 0 Å². The summed E-state index contributed by atoms with van der Waals surface area (Å²) in [5, 5.41) is 6.33. The highest BCUT2D eigenvalue weighted by molar-refractivity contribution is 5.66. The Labute approximate surface area is 102 Å². The van der Waals surface area contributed by atoms with Crippen molar-refractivity contribution in [3.63, 3.8) is 0 Å². The van der Waals surface area contributed by atoms with E-state index in [4.69, 9.17) is 4.74 Å². The number of ether oxygens (including phenoxy) is 1. The molecule has 2 saturated carbocycles. The lowest BCUT2D eigenvalue weighted by atomic mass is 9.77. The molecule has 3 rings (SSSR count). The summed E-state index contributed by atoms with van der Waals surface area (Å²) in [7, 11) is 1.62. The Balaban J connectivity index is 1.61. The molecule has 4 heteroatoms. The molecular weight excluding hydrogens is 216 g/mol. The summed E-state index contributed by atoms with van der Waals surface area (Å²) < 4.78 is 5.42. The Hall–Kier alpha value is -0.770. The molecule has 0 aromatic carbocycles. The normalized spacial score (nSPS) is 43.9. The van der Waals surface area contributed by atoms with Gasteiger partial charge in [0.2, 0.25) is 0 Å². The van der Waals surface area contributed by atoms with Gasteiger partial charge in [-0.3, -0.25) is 0 Å². The first-order valence-corrected chi connectivity index (χ1v) is 6.92. The summed E-state index contributed by atoms with van der Waals surface area (Å²) >= 11 is 0. The first-order chi connectivity index (χ1) is 8.28. The molecule has 3 aliphatic rings. The number of nitrogens with one attached hydrogen (secondary N) is 2. The van der Waals surface area contributed by atoms with E-state index in [9.17, 15) is 4.79 Å². The van der Waals surface area contributed by atoms with Crippen LogP contribution in [0.4, 0.5) is 4.79 Å². The summed E-state index contributed by atoms with van der Waals surface area (Å²) in [6, 6.07) is 1.44.